The smallest absolute Gasteiger partial charge is 0.167 e. The molecular formula is C58H35N3OS. The van der Waals surface area contributed by atoms with Crippen LogP contribution >= 0.6 is 11.3 Å². The van der Waals surface area contributed by atoms with E-state index in [1.807, 2.05) is 6.07 Å². The minimum absolute atomic E-state index is 0.549. The Bertz CT molecular complexity index is 3570. The van der Waals surface area contributed by atoms with Gasteiger partial charge in [0.15, 0.2) is 17.5 Å². The van der Waals surface area contributed by atoms with Gasteiger partial charge in [-0.05, 0) is 68.8 Å². The molecule has 0 N–H and O–H groups in total. The lowest BCUT2D eigenvalue weighted by Gasteiger charge is -2.39. The summed E-state index contributed by atoms with van der Waals surface area (Å²) >= 11 is 1.78. The fourth-order valence-electron chi connectivity index (χ4n) is 10.1. The Hall–Kier alpha value is -7.99. The average molecular weight is 822 g/mol. The molecule has 0 saturated carbocycles. The van der Waals surface area contributed by atoms with Gasteiger partial charge < -0.3 is 4.74 Å². The van der Waals surface area contributed by atoms with Crippen molar-refractivity contribution in [3.8, 4) is 79.0 Å². The molecule has 0 amide bonds. The summed E-state index contributed by atoms with van der Waals surface area (Å²) in [5, 5.41) is 2.41. The van der Waals surface area contributed by atoms with Gasteiger partial charge in [0.25, 0.3) is 0 Å². The maximum absolute atomic E-state index is 7.12. The molecule has 4 nitrogen and oxygen atoms in total. The van der Waals surface area contributed by atoms with Crippen molar-refractivity contribution < 1.29 is 4.74 Å². The lowest BCUT2D eigenvalue weighted by molar-refractivity contribution is 0.437. The normalized spacial score (nSPS) is 13.0. The van der Waals surface area contributed by atoms with E-state index in [1.54, 1.807) is 11.3 Å². The second-order valence-corrected chi connectivity index (χ2v) is 17.2. The molecule has 0 unspecified atom stereocenters. The van der Waals surface area contributed by atoms with E-state index in [9.17, 15) is 0 Å². The number of fused-ring (bicyclic) bond motifs is 12. The molecule has 9 aromatic carbocycles. The van der Waals surface area contributed by atoms with Crippen molar-refractivity contribution in [1.29, 1.82) is 0 Å². The summed E-state index contributed by atoms with van der Waals surface area (Å²) < 4.78 is 9.49. The molecule has 11 aromatic rings. The van der Waals surface area contributed by atoms with E-state index in [-0.39, 0.29) is 0 Å². The summed E-state index contributed by atoms with van der Waals surface area (Å²) in [5.41, 5.74) is 13.7. The van der Waals surface area contributed by atoms with Crippen molar-refractivity contribution >= 4 is 31.5 Å². The summed E-state index contributed by atoms with van der Waals surface area (Å²) in [4.78, 5) is 16.3. The first kappa shape index (κ1) is 35.7. The highest BCUT2D eigenvalue weighted by Gasteiger charge is 2.51. The molecule has 13 rings (SSSR count). The topological polar surface area (TPSA) is 47.9 Å². The van der Waals surface area contributed by atoms with Crippen LogP contribution in [0.5, 0.6) is 11.5 Å². The van der Waals surface area contributed by atoms with Gasteiger partial charge in [-0.15, -0.1) is 11.3 Å². The molecule has 5 heteroatoms. The van der Waals surface area contributed by atoms with E-state index in [2.05, 4.69) is 206 Å². The Kier molecular flexibility index (Phi) is 7.96. The number of aromatic nitrogens is 3. The summed E-state index contributed by atoms with van der Waals surface area (Å²) in [6, 6.07) is 75.3. The number of para-hydroxylation sites is 2. The maximum Gasteiger partial charge on any atom is 0.167 e. The van der Waals surface area contributed by atoms with Gasteiger partial charge in [-0.25, -0.2) is 15.0 Å². The quantitative estimate of drug-likeness (QED) is 0.173. The molecular weight excluding hydrogens is 787 g/mol. The van der Waals surface area contributed by atoms with E-state index >= 15 is 0 Å². The zero-order valence-corrected chi connectivity index (χ0v) is 34.7. The Morgan fingerprint density at radius 1 is 0.333 bits per heavy atom. The summed E-state index contributed by atoms with van der Waals surface area (Å²) in [6.07, 6.45) is 0. The van der Waals surface area contributed by atoms with E-state index in [0.29, 0.717) is 17.5 Å². The summed E-state index contributed by atoms with van der Waals surface area (Å²) in [5.74, 6) is 3.32. The van der Waals surface area contributed by atoms with Crippen molar-refractivity contribution in [3.05, 3.63) is 235 Å². The Labute approximate surface area is 368 Å². The van der Waals surface area contributed by atoms with Crippen molar-refractivity contribution in [1.82, 2.24) is 15.0 Å². The molecule has 63 heavy (non-hydrogen) atoms. The van der Waals surface area contributed by atoms with Gasteiger partial charge in [0.05, 0.1) is 11.0 Å². The van der Waals surface area contributed by atoms with E-state index in [4.69, 9.17) is 19.7 Å². The molecule has 1 aliphatic heterocycles. The van der Waals surface area contributed by atoms with Gasteiger partial charge in [0.2, 0.25) is 0 Å². The first-order valence-corrected chi connectivity index (χ1v) is 22.1. The van der Waals surface area contributed by atoms with Crippen LogP contribution in [0.1, 0.15) is 22.3 Å². The third-order valence-corrected chi connectivity index (χ3v) is 14.1. The van der Waals surface area contributed by atoms with Crippen molar-refractivity contribution in [2.45, 2.75) is 5.41 Å². The predicted octanol–water partition coefficient (Wildman–Crippen LogP) is 15.0. The maximum atomic E-state index is 7.12. The molecule has 0 saturated heterocycles. The van der Waals surface area contributed by atoms with Gasteiger partial charge in [-0.3, -0.25) is 0 Å². The van der Waals surface area contributed by atoms with Crippen LogP contribution in [0.25, 0.3) is 87.7 Å². The van der Waals surface area contributed by atoms with Crippen molar-refractivity contribution in [2.75, 3.05) is 0 Å². The Balaban J connectivity index is 1.06. The molecule has 1 spiro atoms. The minimum atomic E-state index is -0.618. The molecule has 294 valence electrons. The first-order chi connectivity index (χ1) is 31.2. The second-order valence-electron chi connectivity index (χ2n) is 16.2. The van der Waals surface area contributed by atoms with Crippen LogP contribution < -0.4 is 4.74 Å². The van der Waals surface area contributed by atoms with Gasteiger partial charge >= 0.3 is 0 Å². The zero-order valence-electron chi connectivity index (χ0n) is 33.9. The van der Waals surface area contributed by atoms with Gasteiger partial charge in [-0.1, -0.05) is 188 Å². The fourth-order valence-corrected chi connectivity index (χ4v) is 11.3. The van der Waals surface area contributed by atoms with Crippen LogP contribution in [0.3, 0.4) is 0 Å². The molecule has 0 fully saturated rings. The second kappa shape index (κ2) is 14.0. The number of ether oxygens (including phenoxy) is 1. The van der Waals surface area contributed by atoms with Crippen LogP contribution in [0.4, 0.5) is 0 Å². The van der Waals surface area contributed by atoms with Crippen LogP contribution in [0, 0.1) is 0 Å². The lowest BCUT2D eigenvalue weighted by atomic mass is 9.66. The lowest BCUT2D eigenvalue weighted by Crippen LogP contribution is -2.32. The minimum Gasteiger partial charge on any atom is -0.456 e. The molecule has 0 bridgehead atoms. The molecule has 0 radical (unpaired) electrons. The number of hydrogen-bond acceptors (Lipinski definition) is 5. The molecule has 2 aliphatic rings. The van der Waals surface area contributed by atoms with Crippen LogP contribution in [0.2, 0.25) is 0 Å². The largest absolute Gasteiger partial charge is 0.456 e. The van der Waals surface area contributed by atoms with Gasteiger partial charge in [-0.2, -0.15) is 0 Å². The summed E-state index contributed by atoms with van der Waals surface area (Å²) in [6.45, 7) is 0. The number of thiophene rings is 1. The molecule has 2 aromatic heterocycles. The highest BCUT2D eigenvalue weighted by atomic mass is 32.1. The fraction of sp³-hybridized carbons (Fsp3) is 0.0172. The van der Waals surface area contributed by atoms with Crippen molar-refractivity contribution in [2.24, 2.45) is 0 Å². The van der Waals surface area contributed by atoms with Crippen LogP contribution in [-0.2, 0) is 5.41 Å². The zero-order chi connectivity index (χ0) is 41.5. The SMILES string of the molecule is c1ccc(-c2ccc(-c3ccccc3-c3nc(-c4cccc5c4Oc4ccccc4C54c5ccccc5-c5ccccc54)nc(-c4cccc5c4sc4ccccc45)n3)cc2)cc1. The number of benzene rings is 9. The Morgan fingerprint density at radius 2 is 0.825 bits per heavy atom. The molecule has 1 aliphatic carbocycles. The van der Waals surface area contributed by atoms with Crippen LogP contribution in [0.15, 0.2) is 212 Å². The average Bonchev–Trinajstić information content (AvgIpc) is 3.88. The van der Waals surface area contributed by atoms with Gasteiger partial charge in [0, 0.05) is 42.4 Å². The van der Waals surface area contributed by atoms with E-state index in [0.717, 1.165) is 55.1 Å². The van der Waals surface area contributed by atoms with Crippen molar-refractivity contribution in [3.63, 3.8) is 0 Å². The first-order valence-electron chi connectivity index (χ1n) is 21.3. The highest BCUT2D eigenvalue weighted by Crippen LogP contribution is 2.63. The third kappa shape index (κ3) is 5.37. The van der Waals surface area contributed by atoms with E-state index in [1.165, 1.54) is 48.9 Å². The summed E-state index contributed by atoms with van der Waals surface area (Å²) in [7, 11) is 0. The standard InChI is InChI=1S/C58H35N3OS/c1-2-16-36(17-3-1)37-32-34-38(35-33-37)39-18-4-5-22-44(39)55-59-56(61-57(60-55)46-25-14-23-43-42-21-8-13-31-52(42)63-54(43)46)45-24-15-29-50-53(45)62-51-30-12-11-28-49(51)58(50)47-26-9-6-19-40(47)41-20-7-10-27-48(41)58/h1-35H. The number of nitrogens with zero attached hydrogens (tertiary/aromatic N) is 3. The monoisotopic (exact) mass is 821 g/mol. The number of rotatable bonds is 5. The number of hydrogen-bond donors (Lipinski definition) is 0. The predicted molar refractivity (Wildman–Crippen MR) is 257 cm³/mol. The van der Waals surface area contributed by atoms with Gasteiger partial charge in [0.1, 0.15) is 11.5 Å². The Morgan fingerprint density at radius 3 is 1.59 bits per heavy atom. The third-order valence-electron chi connectivity index (χ3n) is 12.9. The van der Waals surface area contributed by atoms with E-state index < -0.39 is 5.41 Å². The molecule has 3 heterocycles. The highest BCUT2D eigenvalue weighted by molar-refractivity contribution is 7.26. The molecule has 0 atom stereocenters. The van der Waals surface area contributed by atoms with Crippen LogP contribution in [-0.4, -0.2) is 15.0 Å².